The molecule has 1 N–H and O–H groups in total. The maximum atomic E-state index is 6.98. The normalized spacial score (nSPS) is 12.4. The Balaban J connectivity index is 1.80. The third-order valence-electron chi connectivity index (χ3n) is 5.36. The standard InChI is InChI=1S/C24H26N2OSi/c1-24(2,3)28(20-10-6-4-7-11-20,21-12-8-5-9-13-21)27-17-19-14-15-22-23(16-19)26-18-25-22/h4-16,18H,17H2,1-3H3,(H,25,26). The predicted octanol–water partition coefficient (Wildman–Crippen LogP) is 4.64. The maximum absolute atomic E-state index is 6.98. The van der Waals surface area contributed by atoms with E-state index >= 15 is 0 Å². The molecule has 4 rings (SSSR count). The highest BCUT2D eigenvalue weighted by molar-refractivity contribution is 6.99. The van der Waals surface area contributed by atoms with Crippen molar-refractivity contribution in [3.05, 3.63) is 90.8 Å². The molecule has 28 heavy (non-hydrogen) atoms. The summed E-state index contributed by atoms with van der Waals surface area (Å²) in [4.78, 5) is 7.51. The molecule has 0 fully saturated rings. The highest BCUT2D eigenvalue weighted by atomic mass is 28.4. The predicted molar refractivity (Wildman–Crippen MR) is 119 cm³/mol. The Kier molecular flexibility index (Phi) is 4.92. The minimum Gasteiger partial charge on any atom is -0.403 e. The Bertz CT molecular complexity index is 1010. The van der Waals surface area contributed by atoms with Crippen LogP contribution in [-0.2, 0) is 11.0 Å². The van der Waals surface area contributed by atoms with E-state index in [-0.39, 0.29) is 5.04 Å². The number of fused-ring (bicyclic) bond motifs is 1. The average Bonchev–Trinajstić information content (AvgIpc) is 3.17. The van der Waals surface area contributed by atoms with E-state index in [0.29, 0.717) is 6.61 Å². The summed E-state index contributed by atoms with van der Waals surface area (Å²) in [7, 11) is -2.51. The number of rotatable bonds is 5. The molecule has 3 nitrogen and oxygen atoms in total. The Morgan fingerprint density at radius 1 is 0.857 bits per heavy atom. The van der Waals surface area contributed by atoms with Gasteiger partial charge in [0, 0.05) is 0 Å². The van der Waals surface area contributed by atoms with Crippen LogP contribution in [0.1, 0.15) is 26.3 Å². The Labute approximate surface area is 167 Å². The van der Waals surface area contributed by atoms with Gasteiger partial charge >= 0.3 is 0 Å². The molecule has 0 unspecified atom stereocenters. The lowest BCUT2D eigenvalue weighted by Gasteiger charge is -2.43. The van der Waals surface area contributed by atoms with E-state index in [1.807, 2.05) is 0 Å². The van der Waals surface area contributed by atoms with E-state index in [4.69, 9.17) is 4.43 Å². The van der Waals surface area contributed by atoms with Crippen molar-refractivity contribution in [1.82, 2.24) is 9.97 Å². The molecule has 0 saturated heterocycles. The van der Waals surface area contributed by atoms with Crippen LogP contribution in [0, 0.1) is 0 Å². The minimum absolute atomic E-state index is 0.0200. The topological polar surface area (TPSA) is 37.9 Å². The van der Waals surface area contributed by atoms with Crippen molar-refractivity contribution in [1.29, 1.82) is 0 Å². The van der Waals surface area contributed by atoms with Crippen molar-refractivity contribution < 1.29 is 4.43 Å². The molecular weight excluding hydrogens is 360 g/mol. The van der Waals surface area contributed by atoms with Gasteiger partial charge in [-0.25, -0.2) is 4.98 Å². The summed E-state index contributed by atoms with van der Waals surface area (Å²) in [5, 5.41) is 2.58. The largest absolute Gasteiger partial charge is 0.403 e. The van der Waals surface area contributed by atoms with Gasteiger partial charge in [0.15, 0.2) is 0 Å². The highest BCUT2D eigenvalue weighted by Gasteiger charge is 2.50. The first-order valence-electron chi connectivity index (χ1n) is 9.68. The number of nitrogens with one attached hydrogen (secondary N) is 1. The first-order valence-corrected chi connectivity index (χ1v) is 11.6. The molecular formula is C24H26N2OSi. The van der Waals surface area contributed by atoms with Crippen LogP contribution in [0.4, 0.5) is 0 Å². The molecule has 4 heteroatoms. The lowest BCUT2D eigenvalue weighted by Crippen LogP contribution is -2.66. The van der Waals surface area contributed by atoms with Crippen LogP contribution >= 0.6 is 0 Å². The van der Waals surface area contributed by atoms with Gasteiger partial charge in [0.2, 0.25) is 0 Å². The molecule has 0 aliphatic heterocycles. The lowest BCUT2D eigenvalue weighted by atomic mass is 10.2. The van der Waals surface area contributed by atoms with E-state index in [0.717, 1.165) is 16.6 Å². The SMILES string of the molecule is CC(C)(C)[Si](OCc1ccc2nc[nH]c2c1)(c1ccccc1)c1ccccc1. The number of nitrogens with zero attached hydrogens (tertiary/aromatic N) is 1. The van der Waals surface area contributed by atoms with Gasteiger partial charge < -0.3 is 9.41 Å². The van der Waals surface area contributed by atoms with Gasteiger partial charge in [-0.2, -0.15) is 0 Å². The summed E-state index contributed by atoms with van der Waals surface area (Å²) in [5.74, 6) is 0. The number of imidazole rings is 1. The van der Waals surface area contributed by atoms with Gasteiger partial charge in [0.1, 0.15) is 0 Å². The van der Waals surface area contributed by atoms with Crippen LogP contribution in [0.5, 0.6) is 0 Å². The van der Waals surface area contributed by atoms with Crippen LogP contribution in [-0.4, -0.2) is 18.3 Å². The zero-order valence-electron chi connectivity index (χ0n) is 16.6. The quantitative estimate of drug-likeness (QED) is 0.508. The molecule has 0 spiro atoms. The molecule has 1 heterocycles. The number of aromatic amines is 1. The van der Waals surface area contributed by atoms with Gasteiger partial charge in [-0.05, 0) is 33.1 Å². The van der Waals surface area contributed by atoms with Crippen molar-refractivity contribution in [2.45, 2.75) is 32.4 Å². The van der Waals surface area contributed by atoms with Crippen LogP contribution in [0.25, 0.3) is 11.0 Å². The molecule has 0 aliphatic carbocycles. The summed E-state index contributed by atoms with van der Waals surface area (Å²) in [6.07, 6.45) is 1.73. The number of hydrogen-bond donors (Lipinski definition) is 1. The number of hydrogen-bond acceptors (Lipinski definition) is 2. The number of aromatic nitrogens is 2. The molecule has 0 aliphatic rings. The van der Waals surface area contributed by atoms with E-state index in [1.165, 1.54) is 10.4 Å². The smallest absolute Gasteiger partial charge is 0.261 e. The van der Waals surface area contributed by atoms with E-state index < -0.39 is 8.32 Å². The second kappa shape index (κ2) is 7.38. The van der Waals surface area contributed by atoms with E-state index in [1.54, 1.807) is 6.33 Å². The summed E-state index contributed by atoms with van der Waals surface area (Å²) < 4.78 is 6.98. The fraction of sp³-hybridized carbons (Fsp3) is 0.208. The zero-order chi connectivity index (χ0) is 19.6. The van der Waals surface area contributed by atoms with Gasteiger partial charge in [0.25, 0.3) is 8.32 Å². The van der Waals surface area contributed by atoms with Crippen LogP contribution in [0.2, 0.25) is 5.04 Å². The summed E-state index contributed by atoms with van der Waals surface area (Å²) in [6.45, 7) is 7.48. The molecule has 142 valence electrons. The zero-order valence-corrected chi connectivity index (χ0v) is 17.6. The van der Waals surface area contributed by atoms with Crippen molar-refractivity contribution in [3.63, 3.8) is 0 Å². The highest BCUT2D eigenvalue weighted by Crippen LogP contribution is 2.37. The molecule has 0 amide bonds. The molecule has 4 aromatic rings. The van der Waals surface area contributed by atoms with Crippen LogP contribution in [0.15, 0.2) is 85.2 Å². The third-order valence-corrected chi connectivity index (χ3v) is 10.3. The summed E-state index contributed by atoms with van der Waals surface area (Å²) >= 11 is 0. The minimum atomic E-state index is -2.51. The van der Waals surface area contributed by atoms with Crippen LogP contribution < -0.4 is 10.4 Å². The van der Waals surface area contributed by atoms with Gasteiger partial charge in [-0.3, -0.25) is 0 Å². The van der Waals surface area contributed by atoms with Crippen LogP contribution in [0.3, 0.4) is 0 Å². The van der Waals surface area contributed by atoms with Crippen molar-refractivity contribution in [2.24, 2.45) is 0 Å². The number of H-pyrrole nitrogens is 1. The van der Waals surface area contributed by atoms with Crippen molar-refractivity contribution in [3.8, 4) is 0 Å². The lowest BCUT2D eigenvalue weighted by molar-refractivity contribution is 0.286. The first-order chi connectivity index (χ1) is 13.5. The maximum Gasteiger partial charge on any atom is 0.261 e. The molecule has 1 aromatic heterocycles. The monoisotopic (exact) mass is 386 g/mol. The van der Waals surface area contributed by atoms with Crippen molar-refractivity contribution in [2.75, 3.05) is 0 Å². The summed E-state index contributed by atoms with van der Waals surface area (Å²) in [6, 6.07) is 27.8. The molecule has 0 bridgehead atoms. The van der Waals surface area contributed by atoms with Crippen molar-refractivity contribution >= 4 is 29.7 Å². The fourth-order valence-corrected chi connectivity index (χ4v) is 8.56. The average molecular weight is 387 g/mol. The summed E-state index contributed by atoms with van der Waals surface area (Å²) in [5.41, 5.74) is 3.18. The number of benzene rings is 3. The Hall–Kier alpha value is -2.69. The van der Waals surface area contributed by atoms with Gasteiger partial charge in [0.05, 0.1) is 24.0 Å². The van der Waals surface area contributed by atoms with E-state index in [2.05, 4.69) is 110 Å². The van der Waals surface area contributed by atoms with E-state index in [9.17, 15) is 0 Å². The van der Waals surface area contributed by atoms with Gasteiger partial charge in [-0.1, -0.05) is 87.5 Å². The molecule has 0 radical (unpaired) electrons. The van der Waals surface area contributed by atoms with Gasteiger partial charge in [-0.15, -0.1) is 0 Å². The second-order valence-corrected chi connectivity index (χ2v) is 12.5. The first kappa shape index (κ1) is 18.7. The molecule has 3 aromatic carbocycles. The molecule has 0 atom stereocenters. The Morgan fingerprint density at radius 2 is 1.46 bits per heavy atom. The molecule has 0 saturated carbocycles. The fourth-order valence-electron chi connectivity index (χ4n) is 4.03. The second-order valence-electron chi connectivity index (χ2n) is 8.21. The Morgan fingerprint density at radius 3 is 2.04 bits per heavy atom. The third kappa shape index (κ3) is 3.30.